The van der Waals surface area contributed by atoms with Crippen LogP contribution in [0.25, 0.3) is 0 Å². The zero-order valence-corrected chi connectivity index (χ0v) is 18.5. The van der Waals surface area contributed by atoms with E-state index in [0.717, 1.165) is 62.2 Å². The zero-order valence-electron chi connectivity index (χ0n) is 17.7. The van der Waals surface area contributed by atoms with Crippen LogP contribution in [0, 0.1) is 0 Å². The molecule has 2 saturated heterocycles. The Bertz CT molecular complexity index is 920. The number of nitrogens with one attached hydrogen (secondary N) is 2. The molecule has 1 unspecified atom stereocenters. The van der Waals surface area contributed by atoms with Crippen LogP contribution in [-0.2, 0) is 4.79 Å². The number of likely N-dealkylation sites (N-methyl/N-ethyl adjacent to an activating group) is 1. The first-order chi connectivity index (χ1) is 15.0. The maximum absolute atomic E-state index is 12.9. The van der Waals surface area contributed by atoms with Gasteiger partial charge in [-0.1, -0.05) is 12.1 Å². The molecule has 3 heterocycles. The molecule has 2 aliphatic rings. The number of primary amides is 1. The molecule has 0 saturated carbocycles. The van der Waals surface area contributed by atoms with Crippen molar-refractivity contribution in [3.63, 3.8) is 0 Å². The lowest BCUT2D eigenvalue weighted by Crippen LogP contribution is -2.49. The van der Waals surface area contributed by atoms with Gasteiger partial charge in [0.25, 0.3) is 5.91 Å². The molecule has 4 N–H and O–H groups in total. The highest BCUT2D eigenvalue weighted by atomic mass is 32.1. The van der Waals surface area contributed by atoms with E-state index in [1.807, 2.05) is 41.6 Å². The van der Waals surface area contributed by atoms with E-state index in [9.17, 15) is 9.59 Å². The van der Waals surface area contributed by atoms with Crippen LogP contribution in [0.5, 0.6) is 0 Å². The third kappa shape index (κ3) is 5.15. The van der Waals surface area contributed by atoms with E-state index in [1.165, 1.54) is 11.3 Å². The first-order valence-corrected chi connectivity index (χ1v) is 11.4. The molecule has 1 atom stereocenters. The minimum Gasteiger partial charge on any atom is -0.369 e. The molecular formula is C21H29N7O2S. The Balaban J connectivity index is 1.41. The van der Waals surface area contributed by atoms with Crippen LogP contribution in [0.15, 0.2) is 29.6 Å². The number of nitrogens with two attached hydrogens (primary N) is 1. The zero-order chi connectivity index (χ0) is 21.8. The summed E-state index contributed by atoms with van der Waals surface area (Å²) in [5.41, 5.74) is 7.47. The molecule has 2 fully saturated rings. The Morgan fingerprint density at radius 3 is 2.77 bits per heavy atom. The van der Waals surface area contributed by atoms with Crippen LogP contribution in [0.4, 0.5) is 16.5 Å². The van der Waals surface area contributed by atoms with Crippen LogP contribution in [0.3, 0.4) is 0 Å². The summed E-state index contributed by atoms with van der Waals surface area (Å²) in [6.45, 7) is 5.28. The van der Waals surface area contributed by atoms with Crippen LogP contribution in [-0.4, -0.2) is 80.6 Å². The molecule has 2 aromatic rings. The summed E-state index contributed by atoms with van der Waals surface area (Å²) in [6.07, 6.45) is 1.08. The fraction of sp³-hybridized carbons (Fsp3) is 0.476. The number of para-hydroxylation sites is 2. The normalized spacial score (nSPS) is 19.4. The topological polar surface area (TPSA) is 107 Å². The van der Waals surface area contributed by atoms with Gasteiger partial charge in [0.2, 0.25) is 5.91 Å². The highest BCUT2D eigenvalue weighted by Crippen LogP contribution is 2.28. The fourth-order valence-corrected chi connectivity index (χ4v) is 4.91. The predicted molar refractivity (Wildman–Crippen MR) is 124 cm³/mol. The summed E-state index contributed by atoms with van der Waals surface area (Å²) >= 11 is 1.49. The molecule has 4 rings (SSSR count). The van der Waals surface area contributed by atoms with Crippen molar-refractivity contribution in [1.29, 1.82) is 0 Å². The van der Waals surface area contributed by atoms with E-state index in [0.29, 0.717) is 11.7 Å². The number of piperazine rings is 1. The van der Waals surface area contributed by atoms with Gasteiger partial charge in [0.05, 0.1) is 17.9 Å². The summed E-state index contributed by atoms with van der Waals surface area (Å²) < 4.78 is 0. The Kier molecular flexibility index (Phi) is 6.69. The number of nitrogens with zero attached hydrogens (tertiary/aromatic N) is 4. The van der Waals surface area contributed by atoms with Gasteiger partial charge in [-0.05, 0) is 25.1 Å². The number of hydrogen-bond donors (Lipinski definition) is 3. The lowest BCUT2D eigenvalue weighted by atomic mass is 10.2. The van der Waals surface area contributed by atoms with Crippen LogP contribution >= 0.6 is 11.3 Å². The standard InChI is InChI=1S/C21H29N7O2S/c1-26(15-6-7-23-12-15)21-25-17(14-31-21)20(30)24-16-4-2-3-5-18(16)28-10-8-27(9-11-28)13-19(22)29/h2-5,14-15,23H,6-13H2,1H3,(H2,22,29)(H,24,30). The summed E-state index contributed by atoms with van der Waals surface area (Å²) in [7, 11) is 2.03. The Labute approximate surface area is 186 Å². The fourth-order valence-electron chi connectivity index (χ4n) is 4.07. The van der Waals surface area contributed by atoms with Gasteiger partial charge in [-0.15, -0.1) is 11.3 Å². The van der Waals surface area contributed by atoms with Crippen molar-refractivity contribution in [3.05, 3.63) is 35.3 Å². The number of thiazole rings is 1. The molecule has 0 bridgehead atoms. The number of rotatable bonds is 7. The van der Waals surface area contributed by atoms with Crippen LogP contribution < -0.4 is 26.2 Å². The molecule has 31 heavy (non-hydrogen) atoms. The van der Waals surface area contributed by atoms with Crippen molar-refractivity contribution >= 4 is 39.7 Å². The number of anilines is 3. The summed E-state index contributed by atoms with van der Waals surface area (Å²) in [5.74, 6) is -0.515. The monoisotopic (exact) mass is 443 g/mol. The Morgan fingerprint density at radius 1 is 1.29 bits per heavy atom. The van der Waals surface area contributed by atoms with Gasteiger partial charge in [0.1, 0.15) is 5.69 Å². The van der Waals surface area contributed by atoms with Gasteiger partial charge < -0.3 is 26.2 Å². The molecule has 0 aliphatic carbocycles. The van der Waals surface area contributed by atoms with E-state index in [2.05, 4.69) is 25.4 Å². The predicted octanol–water partition coefficient (Wildman–Crippen LogP) is 0.801. The summed E-state index contributed by atoms with van der Waals surface area (Å²) in [6, 6.07) is 8.21. The quantitative estimate of drug-likeness (QED) is 0.581. The lowest BCUT2D eigenvalue weighted by Gasteiger charge is -2.36. The van der Waals surface area contributed by atoms with E-state index in [-0.39, 0.29) is 18.4 Å². The SMILES string of the molecule is CN(c1nc(C(=O)Nc2ccccc2N2CCN(CC(N)=O)CC2)cs1)C1CCNC1. The molecule has 2 aliphatic heterocycles. The molecule has 0 radical (unpaired) electrons. The Hall–Kier alpha value is -2.69. The first-order valence-electron chi connectivity index (χ1n) is 10.6. The van der Waals surface area contributed by atoms with Gasteiger partial charge in [0, 0.05) is 51.2 Å². The second-order valence-corrected chi connectivity index (χ2v) is 8.81. The molecule has 2 amide bonds. The lowest BCUT2D eigenvalue weighted by molar-refractivity contribution is -0.119. The highest BCUT2D eigenvalue weighted by molar-refractivity contribution is 7.14. The van der Waals surface area contributed by atoms with Crippen LogP contribution in [0.2, 0.25) is 0 Å². The molecule has 9 nitrogen and oxygen atoms in total. The van der Waals surface area contributed by atoms with Crippen molar-refractivity contribution in [1.82, 2.24) is 15.2 Å². The third-order valence-corrected chi connectivity index (χ3v) is 6.78. The van der Waals surface area contributed by atoms with Crippen molar-refractivity contribution in [2.75, 3.05) is 68.0 Å². The minimum atomic E-state index is -0.307. The molecule has 0 spiro atoms. The van der Waals surface area contributed by atoms with Crippen molar-refractivity contribution < 1.29 is 9.59 Å². The average Bonchev–Trinajstić information content (AvgIpc) is 3.46. The van der Waals surface area contributed by atoms with Crippen molar-refractivity contribution in [3.8, 4) is 0 Å². The number of benzene rings is 1. The average molecular weight is 444 g/mol. The number of hydrogen-bond acceptors (Lipinski definition) is 8. The maximum Gasteiger partial charge on any atom is 0.275 e. The molecule has 10 heteroatoms. The van der Waals surface area contributed by atoms with Gasteiger partial charge in [-0.2, -0.15) is 0 Å². The first kappa shape index (κ1) is 21.5. The van der Waals surface area contributed by atoms with Crippen molar-refractivity contribution in [2.24, 2.45) is 5.73 Å². The van der Waals surface area contributed by atoms with Crippen molar-refractivity contribution in [2.45, 2.75) is 12.5 Å². The van der Waals surface area contributed by atoms with E-state index in [1.54, 1.807) is 0 Å². The minimum absolute atomic E-state index is 0.208. The number of carbonyl (C=O) groups is 2. The molecular weight excluding hydrogens is 414 g/mol. The number of aromatic nitrogens is 1. The molecule has 1 aromatic carbocycles. The van der Waals surface area contributed by atoms with E-state index >= 15 is 0 Å². The molecule has 1 aromatic heterocycles. The Morgan fingerprint density at radius 2 is 2.06 bits per heavy atom. The van der Waals surface area contributed by atoms with Crippen LogP contribution in [0.1, 0.15) is 16.9 Å². The van der Waals surface area contributed by atoms with Gasteiger partial charge in [-0.25, -0.2) is 4.98 Å². The third-order valence-electron chi connectivity index (χ3n) is 5.85. The van der Waals surface area contributed by atoms with E-state index < -0.39 is 0 Å². The summed E-state index contributed by atoms with van der Waals surface area (Å²) in [5, 5.41) is 9.07. The van der Waals surface area contributed by atoms with Gasteiger partial charge >= 0.3 is 0 Å². The number of amides is 2. The number of carbonyl (C=O) groups excluding carboxylic acids is 2. The second kappa shape index (κ2) is 9.63. The van der Waals surface area contributed by atoms with Gasteiger partial charge in [-0.3, -0.25) is 14.5 Å². The second-order valence-electron chi connectivity index (χ2n) is 7.97. The maximum atomic E-state index is 12.9. The smallest absolute Gasteiger partial charge is 0.275 e. The van der Waals surface area contributed by atoms with Gasteiger partial charge in [0.15, 0.2) is 5.13 Å². The van der Waals surface area contributed by atoms with E-state index in [4.69, 9.17) is 5.73 Å². The highest BCUT2D eigenvalue weighted by Gasteiger charge is 2.24. The largest absolute Gasteiger partial charge is 0.369 e. The molecule has 166 valence electrons. The summed E-state index contributed by atoms with van der Waals surface area (Å²) in [4.78, 5) is 35.1.